The van der Waals surface area contributed by atoms with E-state index >= 15 is 0 Å². The number of hydrogen-bond acceptors (Lipinski definition) is 1. The lowest BCUT2D eigenvalue weighted by Gasteiger charge is -2.22. The summed E-state index contributed by atoms with van der Waals surface area (Å²) in [4.78, 5) is 2.21. The first-order valence-electron chi connectivity index (χ1n) is 4.80. The van der Waals surface area contributed by atoms with Gasteiger partial charge in [0, 0.05) is 30.3 Å². The van der Waals surface area contributed by atoms with Gasteiger partial charge in [-0.3, -0.25) is 0 Å². The fraction of sp³-hybridized carbons (Fsp3) is 0.231. The molecule has 0 aromatic heterocycles. The van der Waals surface area contributed by atoms with Crippen molar-refractivity contribution in [2.24, 2.45) is 0 Å². The summed E-state index contributed by atoms with van der Waals surface area (Å²) in [5.74, 6) is 0. The molecule has 1 nitrogen and oxygen atoms in total. The highest BCUT2D eigenvalue weighted by Gasteiger charge is 2.23. The van der Waals surface area contributed by atoms with Gasteiger partial charge in [-0.25, -0.2) is 0 Å². The molecule has 0 unspecified atom stereocenters. The molecule has 2 heterocycles. The van der Waals surface area contributed by atoms with Crippen LogP contribution in [0.25, 0.3) is 0 Å². The van der Waals surface area contributed by atoms with Gasteiger partial charge in [-0.1, -0.05) is 12.7 Å². The van der Waals surface area contributed by atoms with E-state index in [2.05, 4.69) is 49.8 Å². The minimum atomic E-state index is 0.968. The maximum absolute atomic E-state index is 3.77. The third kappa shape index (κ3) is 1.43. The van der Waals surface area contributed by atoms with Gasteiger partial charge in [0.2, 0.25) is 5.70 Å². The van der Waals surface area contributed by atoms with Crippen LogP contribution in [0, 0.1) is 6.08 Å². The average Bonchev–Trinajstić information content (AvgIpc) is 2.19. The topological polar surface area (TPSA) is 3.24 Å². The van der Waals surface area contributed by atoms with Gasteiger partial charge in [0.15, 0.2) is 0 Å². The van der Waals surface area contributed by atoms with E-state index in [0.29, 0.717) is 0 Å². The molecule has 0 fully saturated rings. The summed E-state index contributed by atoms with van der Waals surface area (Å²) in [7, 11) is 0. The molecule has 0 amide bonds. The van der Waals surface area contributed by atoms with Crippen LogP contribution >= 0.6 is 0 Å². The van der Waals surface area contributed by atoms with E-state index in [1.807, 2.05) is 6.08 Å². The predicted molar refractivity (Wildman–Crippen MR) is 59.3 cm³/mol. The minimum Gasteiger partial charge on any atom is -0.303 e. The smallest absolute Gasteiger partial charge is 0.209 e. The Morgan fingerprint density at radius 1 is 1.43 bits per heavy atom. The Hall–Kier alpha value is -1.59. The fourth-order valence-corrected chi connectivity index (χ4v) is 1.60. The third-order valence-corrected chi connectivity index (χ3v) is 2.65. The molecule has 0 radical (unpaired) electrons. The van der Waals surface area contributed by atoms with E-state index in [1.165, 1.54) is 11.1 Å². The number of fused-ring (bicyclic) bond motifs is 1. The molecule has 0 spiro atoms. The summed E-state index contributed by atoms with van der Waals surface area (Å²) in [6.07, 6.45) is 11.5. The summed E-state index contributed by atoms with van der Waals surface area (Å²) in [5.41, 5.74) is 4.95. The molecule has 0 aliphatic carbocycles. The van der Waals surface area contributed by atoms with Crippen molar-refractivity contribution in [2.45, 2.75) is 13.8 Å². The number of allylic oxidation sites excluding steroid dienone is 6. The monoisotopic (exact) mass is 184 g/mol. The lowest BCUT2D eigenvalue weighted by Crippen LogP contribution is -2.24. The Bertz CT molecular complexity index is 391. The van der Waals surface area contributed by atoms with Gasteiger partial charge in [0.25, 0.3) is 0 Å². The van der Waals surface area contributed by atoms with Crippen molar-refractivity contribution < 1.29 is 0 Å². The molecule has 2 aliphatic rings. The van der Waals surface area contributed by atoms with Crippen molar-refractivity contribution in [2.75, 3.05) is 6.54 Å². The lowest BCUT2D eigenvalue weighted by molar-refractivity contribution is 0.499. The van der Waals surface area contributed by atoms with E-state index in [0.717, 1.165) is 17.8 Å². The molecular weight excluding hydrogens is 170 g/mol. The second kappa shape index (κ2) is 3.28. The Morgan fingerprint density at radius 3 is 2.93 bits per heavy atom. The van der Waals surface area contributed by atoms with Crippen molar-refractivity contribution >= 4 is 0 Å². The maximum atomic E-state index is 3.77. The summed E-state index contributed by atoms with van der Waals surface area (Å²) in [5, 5.41) is 0. The molecule has 0 aromatic carbocycles. The van der Waals surface area contributed by atoms with Crippen LogP contribution in [0.4, 0.5) is 0 Å². The van der Waals surface area contributed by atoms with Gasteiger partial charge in [-0.05, 0) is 6.92 Å². The lowest BCUT2D eigenvalue weighted by atomic mass is 10.0. The largest absolute Gasteiger partial charge is 0.303 e. The zero-order chi connectivity index (χ0) is 10.1. The highest BCUT2D eigenvalue weighted by molar-refractivity contribution is 5.43. The summed E-state index contributed by atoms with van der Waals surface area (Å²) in [6, 6.07) is 0. The fourth-order valence-electron chi connectivity index (χ4n) is 1.60. The van der Waals surface area contributed by atoms with Crippen molar-refractivity contribution in [3.8, 4) is 0 Å². The molecule has 2 aliphatic heterocycles. The van der Waals surface area contributed by atoms with Crippen LogP contribution in [0.2, 0.25) is 0 Å². The molecule has 0 bridgehead atoms. The quantitative estimate of drug-likeness (QED) is 0.566. The van der Waals surface area contributed by atoms with Gasteiger partial charge < -0.3 is 4.90 Å². The molecular formula is C13H14N+. The highest BCUT2D eigenvalue weighted by atomic mass is 15.1. The Kier molecular flexibility index (Phi) is 2.11. The normalized spacial score (nSPS) is 19.7. The first kappa shape index (κ1) is 8.98. The maximum Gasteiger partial charge on any atom is 0.209 e. The molecule has 0 atom stereocenters. The van der Waals surface area contributed by atoms with Crippen LogP contribution in [0.5, 0.6) is 0 Å². The highest BCUT2D eigenvalue weighted by Crippen LogP contribution is 2.24. The second-order valence-electron chi connectivity index (χ2n) is 3.71. The molecule has 0 N–H and O–H groups in total. The first-order valence-corrected chi connectivity index (χ1v) is 4.80. The number of hydrogen-bond donors (Lipinski definition) is 0. The van der Waals surface area contributed by atoms with E-state index in [9.17, 15) is 0 Å². The summed E-state index contributed by atoms with van der Waals surface area (Å²) in [6.45, 7) is 9.00. The van der Waals surface area contributed by atoms with E-state index in [1.54, 1.807) is 0 Å². The SMILES string of the molecule is C=CC1=CN2CC(C)=C(C)[C+]=C2C=C1. The van der Waals surface area contributed by atoms with Crippen LogP contribution in [-0.2, 0) is 0 Å². The van der Waals surface area contributed by atoms with Crippen LogP contribution in [0.15, 0.2) is 53.4 Å². The van der Waals surface area contributed by atoms with Crippen LogP contribution in [0.3, 0.4) is 0 Å². The van der Waals surface area contributed by atoms with Gasteiger partial charge >= 0.3 is 0 Å². The van der Waals surface area contributed by atoms with Crippen molar-refractivity contribution in [1.82, 2.24) is 4.90 Å². The van der Waals surface area contributed by atoms with Crippen LogP contribution < -0.4 is 0 Å². The van der Waals surface area contributed by atoms with Crippen molar-refractivity contribution in [3.63, 3.8) is 0 Å². The standard InChI is InChI=1S/C13H14N/c1-4-12-5-6-13-7-10(2)11(3)8-14(13)9-12/h4-6,9H,1,8H2,2-3H3/q+1. The van der Waals surface area contributed by atoms with Crippen molar-refractivity contribution in [1.29, 1.82) is 0 Å². The minimum absolute atomic E-state index is 0.968. The van der Waals surface area contributed by atoms with E-state index in [4.69, 9.17) is 0 Å². The predicted octanol–water partition coefficient (Wildman–Crippen LogP) is 2.97. The van der Waals surface area contributed by atoms with Gasteiger partial charge in [-0.15, -0.1) is 0 Å². The number of rotatable bonds is 1. The second-order valence-corrected chi connectivity index (χ2v) is 3.71. The molecule has 14 heavy (non-hydrogen) atoms. The molecule has 1 heteroatoms. The first-order chi connectivity index (χ1) is 6.70. The zero-order valence-corrected chi connectivity index (χ0v) is 8.67. The Balaban J connectivity index is 2.35. The molecule has 0 saturated heterocycles. The van der Waals surface area contributed by atoms with Gasteiger partial charge in [0.1, 0.15) is 5.57 Å². The van der Waals surface area contributed by atoms with Crippen LogP contribution in [-0.4, -0.2) is 11.4 Å². The Morgan fingerprint density at radius 2 is 2.21 bits per heavy atom. The zero-order valence-electron chi connectivity index (χ0n) is 8.67. The Labute approximate surface area is 85.4 Å². The van der Waals surface area contributed by atoms with E-state index < -0.39 is 0 Å². The summed E-state index contributed by atoms with van der Waals surface area (Å²) < 4.78 is 0. The third-order valence-electron chi connectivity index (χ3n) is 2.65. The van der Waals surface area contributed by atoms with Crippen LogP contribution in [0.1, 0.15) is 13.8 Å². The molecule has 0 saturated carbocycles. The molecule has 0 aromatic rings. The van der Waals surface area contributed by atoms with Crippen molar-refractivity contribution in [3.05, 3.63) is 59.5 Å². The van der Waals surface area contributed by atoms with Gasteiger partial charge in [0.05, 0.1) is 18.7 Å². The van der Waals surface area contributed by atoms with E-state index in [-0.39, 0.29) is 0 Å². The molecule has 2 rings (SSSR count). The summed E-state index contributed by atoms with van der Waals surface area (Å²) >= 11 is 0. The number of nitrogens with zero attached hydrogens (tertiary/aromatic N) is 1. The molecule has 70 valence electrons. The van der Waals surface area contributed by atoms with Gasteiger partial charge in [-0.2, -0.15) is 0 Å². The average molecular weight is 184 g/mol.